The monoisotopic (exact) mass is 401 g/mol. The molecule has 1 unspecified atom stereocenters. The number of imidazole rings is 1. The van der Waals surface area contributed by atoms with Gasteiger partial charge >= 0.3 is 0 Å². The van der Waals surface area contributed by atoms with Crippen LogP contribution < -0.4 is 0 Å². The van der Waals surface area contributed by atoms with Gasteiger partial charge in [0.1, 0.15) is 0 Å². The van der Waals surface area contributed by atoms with Gasteiger partial charge in [-0.1, -0.05) is 58.4 Å². The lowest BCUT2D eigenvalue weighted by Gasteiger charge is -2.32. The molecular weight excluding hydrogens is 386 g/mol. The number of hydrogen-bond acceptors (Lipinski definition) is 4. The molecule has 0 spiro atoms. The van der Waals surface area contributed by atoms with Crippen LogP contribution >= 0.6 is 15.9 Å². The summed E-state index contributed by atoms with van der Waals surface area (Å²) in [5.74, 6) is 0. The Morgan fingerprint density at radius 1 is 1.16 bits per heavy atom. The van der Waals surface area contributed by atoms with E-state index in [0.29, 0.717) is 6.42 Å². The molecule has 3 aromatic rings. The number of aromatic nitrogens is 2. The number of rotatable bonds is 7. The summed E-state index contributed by atoms with van der Waals surface area (Å²) < 4.78 is 2.68. The molecule has 0 aliphatic rings. The Morgan fingerprint density at radius 2 is 1.88 bits per heavy atom. The Hall–Kier alpha value is -2.67. The minimum atomic E-state index is -1.16. The fourth-order valence-electron chi connectivity index (χ4n) is 2.86. The van der Waals surface area contributed by atoms with Crippen LogP contribution in [-0.2, 0) is 23.4 Å². The minimum absolute atomic E-state index is 0.268. The molecule has 128 valence electrons. The van der Waals surface area contributed by atoms with Crippen LogP contribution in [0.5, 0.6) is 0 Å². The average molecular weight is 402 g/mol. The smallest absolute Gasteiger partial charge is 0.295 e. The number of halogens is 1. The van der Waals surface area contributed by atoms with Crippen LogP contribution in [0, 0.1) is 10.1 Å². The molecule has 25 heavy (non-hydrogen) atoms. The molecule has 1 atom stereocenters. The second kappa shape index (κ2) is 7.48. The summed E-state index contributed by atoms with van der Waals surface area (Å²) in [6, 6.07) is 17.0. The second-order valence-electron chi connectivity index (χ2n) is 5.71. The number of benzene rings is 2. The highest BCUT2D eigenvalue weighted by atomic mass is 79.9. The molecule has 7 heteroatoms. The molecule has 1 heterocycles. The fraction of sp³-hybridized carbons (Fsp3) is 0.167. The molecule has 0 saturated heterocycles. The number of hydrogen-bond donors (Lipinski definition) is 0. The second-order valence-corrected chi connectivity index (χ2v) is 6.63. The molecule has 0 radical (unpaired) electrons. The van der Waals surface area contributed by atoms with E-state index >= 15 is 0 Å². The summed E-state index contributed by atoms with van der Waals surface area (Å²) in [5.41, 5.74) is 0.518. The molecule has 0 bridgehead atoms. The van der Waals surface area contributed by atoms with Crippen molar-refractivity contribution in [1.82, 2.24) is 9.55 Å². The topological polar surface area (TPSA) is 70.2 Å². The van der Waals surface area contributed by atoms with Gasteiger partial charge < -0.3 is 9.40 Å². The fourth-order valence-corrected chi connectivity index (χ4v) is 3.12. The summed E-state index contributed by atoms with van der Waals surface area (Å²) in [5, 5.41) is 10.6. The van der Waals surface area contributed by atoms with Gasteiger partial charge in [-0.15, -0.1) is 10.1 Å². The molecule has 3 rings (SSSR count). The molecule has 1 aromatic heterocycles. The van der Waals surface area contributed by atoms with Crippen molar-refractivity contribution >= 4 is 15.9 Å². The van der Waals surface area contributed by atoms with E-state index in [1.807, 2.05) is 54.6 Å². The quantitative estimate of drug-likeness (QED) is 0.443. The third-order valence-corrected chi connectivity index (χ3v) is 4.48. The maximum Gasteiger partial charge on any atom is 0.295 e. The summed E-state index contributed by atoms with van der Waals surface area (Å²) in [4.78, 5) is 20.7. The van der Waals surface area contributed by atoms with Gasteiger partial charge in [0.25, 0.3) is 5.09 Å². The maximum atomic E-state index is 11.3. The zero-order chi connectivity index (χ0) is 17.7. The largest absolute Gasteiger partial charge is 0.335 e. The molecule has 2 aromatic carbocycles. The summed E-state index contributed by atoms with van der Waals surface area (Å²) in [7, 11) is 0. The van der Waals surface area contributed by atoms with E-state index in [4.69, 9.17) is 4.84 Å². The van der Waals surface area contributed by atoms with Gasteiger partial charge in [0.15, 0.2) is 5.60 Å². The van der Waals surface area contributed by atoms with Gasteiger partial charge in [0, 0.05) is 23.3 Å². The van der Waals surface area contributed by atoms with Crippen LogP contribution in [0.1, 0.15) is 11.1 Å². The molecule has 0 amide bonds. The van der Waals surface area contributed by atoms with E-state index in [-0.39, 0.29) is 6.54 Å². The van der Waals surface area contributed by atoms with E-state index in [1.54, 1.807) is 23.3 Å². The predicted octanol–water partition coefficient (Wildman–Crippen LogP) is 3.99. The lowest BCUT2D eigenvalue weighted by Crippen LogP contribution is -2.39. The van der Waals surface area contributed by atoms with Crippen molar-refractivity contribution in [2.24, 2.45) is 0 Å². The standard InChI is InChI=1S/C18H16BrN3O3/c19-17-8-6-16(7-9-17)18(25-22(23)24,13-21-11-10-20-14-21)12-15-4-2-1-3-5-15/h1-11,14H,12-13H2. The van der Waals surface area contributed by atoms with Crippen molar-refractivity contribution < 1.29 is 9.92 Å². The van der Waals surface area contributed by atoms with E-state index in [2.05, 4.69) is 20.9 Å². The van der Waals surface area contributed by atoms with Crippen LogP contribution in [0.25, 0.3) is 0 Å². The van der Waals surface area contributed by atoms with Crippen LogP contribution in [0.15, 0.2) is 77.8 Å². The number of nitrogens with zero attached hydrogens (tertiary/aromatic N) is 3. The van der Waals surface area contributed by atoms with Gasteiger partial charge in [-0.2, -0.15) is 0 Å². The van der Waals surface area contributed by atoms with Gasteiger partial charge in [-0.05, 0) is 23.3 Å². The zero-order valence-corrected chi connectivity index (χ0v) is 14.9. The Bertz CT molecular complexity index is 823. The highest BCUT2D eigenvalue weighted by Crippen LogP contribution is 2.33. The van der Waals surface area contributed by atoms with E-state index in [9.17, 15) is 10.1 Å². The normalized spacial score (nSPS) is 13.2. The van der Waals surface area contributed by atoms with Crippen molar-refractivity contribution in [1.29, 1.82) is 0 Å². The molecule has 0 aliphatic carbocycles. The third-order valence-electron chi connectivity index (χ3n) is 3.95. The first-order valence-corrected chi connectivity index (χ1v) is 8.46. The van der Waals surface area contributed by atoms with Crippen molar-refractivity contribution in [2.45, 2.75) is 18.6 Å². The van der Waals surface area contributed by atoms with Crippen molar-refractivity contribution in [3.05, 3.63) is 99.0 Å². The highest BCUT2D eigenvalue weighted by Gasteiger charge is 2.37. The molecule has 0 saturated carbocycles. The van der Waals surface area contributed by atoms with Gasteiger partial charge in [-0.3, -0.25) is 0 Å². The SMILES string of the molecule is O=[N+]([O-])OC(Cc1ccccc1)(Cn1ccnc1)c1ccc(Br)cc1. The lowest BCUT2D eigenvalue weighted by molar-refractivity contribution is -0.785. The van der Waals surface area contributed by atoms with Crippen LogP contribution in [0.4, 0.5) is 0 Å². The van der Waals surface area contributed by atoms with Gasteiger partial charge in [0.05, 0.1) is 12.9 Å². The summed E-state index contributed by atoms with van der Waals surface area (Å²) in [6.07, 6.45) is 5.39. The molecule has 0 fully saturated rings. The summed E-state index contributed by atoms with van der Waals surface area (Å²) >= 11 is 3.40. The van der Waals surface area contributed by atoms with Crippen LogP contribution in [0.2, 0.25) is 0 Å². The molecule has 6 nitrogen and oxygen atoms in total. The first-order valence-electron chi connectivity index (χ1n) is 7.67. The molecule has 0 aliphatic heterocycles. The molecule has 0 N–H and O–H groups in total. The lowest BCUT2D eigenvalue weighted by atomic mass is 9.87. The van der Waals surface area contributed by atoms with Crippen molar-refractivity contribution in [3.63, 3.8) is 0 Å². The Kier molecular flexibility index (Phi) is 5.14. The van der Waals surface area contributed by atoms with E-state index < -0.39 is 10.7 Å². The maximum absolute atomic E-state index is 11.3. The Labute approximate surface area is 153 Å². The highest BCUT2D eigenvalue weighted by molar-refractivity contribution is 9.10. The Morgan fingerprint density at radius 3 is 2.48 bits per heavy atom. The third kappa shape index (κ3) is 4.24. The molecular formula is C18H16BrN3O3. The van der Waals surface area contributed by atoms with Gasteiger partial charge in [-0.25, -0.2) is 4.98 Å². The predicted molar refractivity (Wildman–Crippen MR) is 96.3 cm³/mol. The zero-order valence-electron chi connectivity index (χ0n) is 13.3. The summed E-state index contributed by atoms with van der Waals surface area (Å²) in [6.45, 7) is 0.268. The van der Waals surface area contributed by atoms with E-state index in [0.717, 1.165) is 15.6 Å². The van der Waals surface area contributed by atoms with Crippen molar-refractivity contribution in [3.8, 4) is 0 Å². The van der Waals surface area contributed by atoms with Crippen LogP contribution in [0.3, 0.4) is 0 Å². The van der Waals surface area contributed by atoms with E-state index in [1.165, 1.54) is 0 Å². The first kappa shape index (κ1) is 17.2. The van der Waals surface area contributed by atoms with Crippen molar-refractivity contribution in [2.75, 3.05) is 0 Å². The average Bonchev–Trinajstić information content (AvgIpc) is 3.08. The minimum Gasteiger partial charge on any atom is -0.335 e. The Balaban J connectivity index is 2.07. The van der Waals surface area contributed by atoms with Gasteiger partial charge in [0.2, 0.25) is 0 Å². The van der Waals surface area contributed by atoms with Crippen LogP contribution in [-0.4, -0.2) is 14.6 Å². The first-order chi connectivity index (χ1) is 12.1.